The van der Waals surface area contributed by atoms with Gasteiger partial charge in [0.25, 0.3) is 0 Å². The molecule has 0 aliphatic rings. The van der Waals surface area contributed by atoms with Crippen LogP contribution in [0.1, 0.15) is 0 Å². The van der Waals surface area contributed by atoms with Crippen LogP contribution in [0.3, 0.4) is 0 Å². The van der Waals surface area contributed by atoms with Crippen LogP contribution in [0.4, 0.5) is 0 Å². The fraction of sp³-hybridized carbons (Fsp3) is 0.750. The van der Waals surface area contributed by atoms with Crippen molar-refractivity contribution in [3.05, 3.63) is 0 Å². The van der Waals surface area contributed by atoms with Crippen LogP contribution in [0.2, 0.25) is 0 Å². The van der Waals surface area contributed by atoms with Gasteiger partial charge in [0.2, 0.25) is 0 Å². The third-order valence-electron chi connectivity index (χ3n) is 0.596. The number of carbonyl (C=O) groups excluding carboxylic acids is 1. The van der Waals surface area contributed by atoms with Crippen LogP contribution in [-0.4, -0.2) is 35.6 Å². The van der Waals surface area contributed by atoms with E-state index in [1.165, 1.54) is 0 Å². The van der Waals surface area contributed by atoms with E-state index in [1.54, 1.807) is 0 Å². The summed E-state index contributed by atoms with van der Waals surface area (Å²) in [5.41, 5.74) is 0. The first kappa shape index (κ1) is 17.1. The van der Waals surface area contributed by atoms with Gasteiger partial charge in [0.1, 0.15) is 0 Å². The van der Waals surface area contributed by atoms with E-state index in [9.17, 15) is 9.90 Å². The SMILES string of the molecule is N.O=C([O-])CNCC(O)O.[Fe+2]. The number of aliphatic hydroxyl groups is 2. The van der Waals surface area contributed by atoms with Gasteiger partial charge in [0.15, 0.2) is 6.29 Å². The van der Waals surface area contributed by atoms with Gasteiger partial charge in [-0.25, -0.2) is 0 Å². The summed E-state index contributed by atoms with van der Waals surface area (Å²) in [6.07, 6.45) is -1.51. The second-order valence-electron chi connectivity index (χ2n) is 1.48. The number of hydrogen-bond acceptors (Lipinski definition) is 6. The smallest absolute Gasteiger partial charge is 0.549 e. The molecule has 0 spiro atoms. The molecule has 6 N–H and O–H groups in total. The molecule has 0 radical (unpaired) electrons. The minimum absolute atomic E-state index is 0. The number of aliphatic hydroxyl groups excluding tert-OH is 1. The predicted molar refractivity (Wildman–Crippen MR) is 31.1 cm³/mol. The van der Waals surface area contributed by atoms with Crippen LogP contribution in [0.25, 0.3) is 0 Å². The molecule has 0 aromatic heterocycles. The molecule has 0 atom stereocenters. The molecule has 0 heterocycles. The monoisotopic (exact) mass is 207 g/mol. The summed E-state index contributed by atoms with van der Waals surface area (Å²) in [5, 5.41) is 28.2. The van der Waals surface area contributed by atoms with Gasteiger partial charge < -0.3 is 31.6 Å². The van der Waals surface area contributed by atoms with E-state index in [2.05, 4.69) is 5.32 Å². The van der Waals surface area contributed by atoms with E-state index in [4.69, 9.17) is 10.2 Å². The molecule has 0 fully saturated rings. The van der Waals surface area contributed by atoms with E-state index in [-0.39, 0.29) is 36.3 Å². The van der Waals surface area contributed by atoms with Gasteiger partial charge in [-0.15, -0.1) is 0 Å². The fourth-order valence-corrected chi connectivity index (χ4v) is 0.303. The Kier molecular flexibility index (Phi) is 15.3. The van der Waals surface area contributed by atoms with E-state index in [1.807, 2.05) is 0 Å². The summed E-state index contributed by atoms with van der Waals surface area (Å²) in [5.74, 6) is -1.27. The molecular formula is C4H11FeN2O4+. The standard InChI is InChI=1S/C4H9NO4.Fe.H3N/c6-3(7)1-5-2-4(8)9;;/h3,5-7H,1-2H2,(H,8,9);;1H3/q;+2;/p-1. The van der Waals surface area contributed by atoms with Crippen molar-refractivity contribution in [1.82, 2.24) is 11.5 Å². The number of rotatable bonds is 4. The van der Waals surface area contributed by atoms with Crippen molar-refractivity contribution in [2.45, 2.75) is 6.29 Å². The molecule has 0 aliphatic carbocycles. The van der Waals surface area contributed by atoms with Gasteiger partial charge in [-0.2, -0.15) is 0 Å². The summed E-state index contributed by atoms with van der Waals surface area (Å²) in [4.78, 5) is 9.64. The summed E-state index contributed by atoms with van der Waals surface area (Å²) >= 11 is 0. The average molecular weight is 207 g/mol. The van der Waals surface area contributed by atoms with Gasteiger partial charge in [0, 0.05) is 13.1 Å². The van der Waals surface area contributed by atoms with Gasteiger partial charge in [-0.1, -0.05) is 0 Å². The number of aliphatic carboxylic acids is 1. The maximum Gasteiger partial charge on any atom is 2.00 e. The van der Waals surface area contributed by atoms with Crippen LogP contribution in [0.5, 0.6) is 0 Å². The number of carboxylic acid groups (broad SMARTS) is 1. The second-order valence-corrected chi connectivity index (χ2v) is 1.48. The van der Waals surface area contributed by atoms with E-state index in [0.29, 0.717) is 0 Å². The Morgan fingerprint density at radius 3 is 2.27 bits per heavy atom. The fourth-order valence-electron chi connectivity index (χ4n) is 0.303. The molecule has 0 aromatic carbocycles. The number of hydrogen-bond donors (Lipinski definition) is 4. The third kappa shape index (κ3) is 17.7. The number of carbonyl (C=O) groups is 1. The summed E-state index contributed by atoms with van der Waals surface area (Å²) in [7, 11) is 0. The van der Waals surface area contributed by atoms with Gasteiger partial charge >= 0.3 is 17.1 Å². The van der Waals surface area contributed by atoms with Crippen LogP contribution >= 0.6 is 0 Å². The molecular weight excluding hydrogens is 196 g/mol. The van der Waals surface area contributed by atoms with E-state index < -0.39 is 12.3 Å². The molecule has 68 valence electrons. The van der Waals surface area contributed by atoms with Crippen molar-refractivity contribution in [1.29, 1.82) is 0 Å². The van der Waals surface area contributed by atoms with Crippen LogP contribution in [0.15, 0.2) is 0 Å². The largest absolute Gasteiger partial charge is 2.00 e. The Morgan fingerprint density at radius 2 is 2.00 bits per heavy atom. The topological polar surface area (TPSA) is 128 Å². The second kappa shape index (κ2) is 9.83. The molecule has 0 bridgehead atoms. The first-order valence-corrected chi connectivity index (χ1v) is 2.39. The van der Waals surface area contributed by atoms with E-state index in [0.717, 1.165) is 0 Å². The zero-order valence-electron chi connectivity index (χ0n) is 5.76. The summed E-state index contributed by atoms with van der Waals surface area (Å²) in [6, 6.07) is 0. The minimum atomic E-state index is -1.51. The van der Waals surface area contributed by atoms with Crippen LogP contribution in [-0.2, 0) is 21.9 Å². The van der Waals surface area contributed by atoms with Crippen molar-refractivity contribution in [2.24, 2.45) is 0 Å². The summed E-state index contributed by atoms with van der Waals surface area (Å²) in [6.45, 7) is -0.522. The van der Waals surface area contributed by atoms with Crippen LogP contribution in [0, 0.1) is 0 Å². The predicted octanol–water partition coefficient (Wildman–Crippen LogP) is -3.20. The Balaban J connectivity index is -0.000000320. The third-order valence-corrected chi connectivity index (χ3v) is 0.596. The Labute approximate surface area is 74.7 Å². The van der Waals surface area contributed by atoms with Gasteiger partial charge in [-0.3, -0.25) is 0 Å². The van der Waals surface area contributed by atoms with Crippen molar-refractivity contribution in [2.75, 3.05) is 13.1 Å². The maximum absolute atomic E-state index is 9.64. The van der Waals surface area contributed by atoms with Crippen LogP contribution < -0.4 is 16.6 Å². The molecule has 6 nitrogen and oxygen atoms in total. The van der Waals surface area contributed by atoms with Crippen molar-refractivity contribution >= 4 is 5.97 Å². The molecule has 0 rings (SSSR count). The Morgan fingerprint density at radius 1 is 1.55 bits per heavy atom. The molecule has 0 aromatic rings. The zero-order chi connectivity index (χ0) is 7.28. The van der Waals surface area contributed by atoms with Gasteiger partial charge in [-0.05, 0) is 0 Å². The number of nitrogens with one attached hydrogen (secondary N) is 1. The number of carboxylic acids is 1. The Bertz CT molecular complexity index is 100. The molecule has 0 amide bonds. The average Bonchev–Trinajstić information content (AvgIpc) is 1.63. The molecule has 11 heavy (non-hydrogen) atoms. The van der Waals surface area contributed by atoms with Crippen molar-refractivity contribution in [3.8, 4) is 0 Å². The van der Waals surface area contributed by atoms with Crippen molar-refractivity contribution in [3.63, 3.8) is 0 Å². The quantitative estimate of drug-likeness (QED) is 0.284. The first-order valence-electron chi connectivity index (χ1n) is 2.39. The Hall–Kier alpha value is -0.171. The molecule has 0 saturated carbocycles. The molecule has 0 aliphatic heterocycles. The summed E-state index contributed by atoms with van der Waals surface area (Å²) < 4.78 is 0. The molecule has 0 unspecified atom stereocenters. The van der Waals surface area contributed by atoms with E-state index >= 15 is 0 Å². The molecule has 7 heteroatoms. The normalized spacial score (nSPS) is 8.27. The first-order chi connectivity index (χ1) is 4.13. The van der Waals surface area contributed by atoms with Crippen molar-refractivity contribution < 1.29 is 37.2 Å². The maximum atomic E-state index is 9.64. The minimum Gasteiger partial charge on any atom is -0.549 e. The zero-order valence-corrected chi connectivity index (χ0v) is 6.87. The molecule has 0 saturated heterocycles. The van der Waals surface area contributed by atoms with Gasteiger partial charge in [0.05, 0.1) is 5.97 Å².